The van der Waals surface area contributed by atoms with Crippen molar-refractivity contribution in [2.24, 2.45) is 5.92 Å². The Morgan fingerprint density at radius 1 is 1.32 bits per heavy atom. The molecule has 0 spiro atoms. The molecule has 6 heteroatoms. The number of aromatic nitrogens is 2. The van der Waals surface area contributed by atoms with Gasteiger partial charge in [0.15, 0.2) is 0 Å². The molecule has 1 unspecified atom stereocenters. The molecule has 0 bridgehead atoms. The molecule has 28 heavy (non-hydrogen) atoms. The molecule has 0 aliphatic carbocycles. The lowest BCUT2D eigenvalue weighted by molar-refractivity contribution is -0.0295. The highest BCUT2D eigenvalue weighted by Crippen LogP contribution is 2.13. The van der Waals surface area contributed by atoms with E-state index in [-0.39, 0.29) is 12.0 Å². The Hall–Kier alpha value is -2.18. The van der Waals surface area contributed by atoms with Gasteiger partial charge in [-0.2, -0.15) is 5.10 Å². The van der Waals surface area contributed by atoms with E-state index in [1.165, 1.54) is 5.56 Å². The highest BCUT2D eigenvalue weighted by molar-refractivity contribution is 5.95. The van der Waals surface area contributed by atoms with Gasteiger partial charge >= 0.3 is 0 Å². The number of ether oxygens (including phenoxy) is 1. The van der Waals surface area contributed by atoms with Gasteiger partial charge in [0.1, 0.15) is 0 Å². The Bertz CT molecular complexity index is 757. The van der Waals surface area contributed by atoms with Crippen LogP contribution in [0.4, 0.5) is 0 Å². The van der Waals surface area contributed by atoms with E-state index < -0.39 is 0 Å². The molecule has 1 fully saturated rings. The first-order valence-corrected chi connectivity index (χ1v) is 10.3. The summed E-state index contributed by atoms with van der Waals surface area (Å²) in [6, 6.07) is 10.2. The van der Waals surface area contributed by atoms with Crippen LogP contribution in [0.1, 0.15) is 42.4 Å². The average molecular weight is 385 g/mol. The molecule has 1 aromatic heterocycles. The van der Waals surface area contributed by atoms with Crippen molar-refractivity contribution in [3.8, 4) is 0 Å². The van der Waals surface area contributed by atoms with E-state index in [9.17, 15) is 4.79 Å². The second kappa shape index (κ2) is 9.85. The first kappa shape index (κ1) is 20.6. The van der Waals surface area contributed by atoms with Crippen LogP contribution in [0, 0.1) is 5.92 Å². The Kier molecular flexibility index (Phi) is 7.23. The molecule has 1 aromatic carbocycles. The molecule has 1 amide bonds. The molecule has 1 aliphatic heterocycles. The number of nitrogens with zero attached hydrogens (tertiary/aromatic N) is 3. The quantitative estimate of drug-likeness (QED) is 0.760. The molecule has 1 atom stereocenters. The first-order chi connectivity index (χ1) is 13.6. The van der Waals surface area contributed by atoms with E-state index in [1.54, 1.807) is 6.20 Å². The van der Waals surface area contributed by atoms with Crippen LogP contribution < -0.4 is 5.32 Å². The lowest BCUT2D eigenvalue weighted by Gasteiger charge is -2.33. The third-order valence-corrected chi connectivity index (χ3v) is 5.04. The number of benzene rings is 1. The number of amides is 1. The Morgan fingerprint density at radius 3 is 2.82 bits per heavy atom. The van der Waals surface area contributed by atoms with Crippen molar-refractivity contribution in [2.75, 3.05) is 32.8 Å². The molecule has 0 saturated carbocycles. The van der Waals surface area contributed by atoms with E-state index >= 15 is 0 Å². The zero-order valence-electron chi connectivity index (χ0n) is 17.2. The third-order valence-electron chi connectivity index (χ3n) is 5.04. The summed E-state index contributed by atoms with van der Waals surface area (Å²) >= 11 is 0. The summed E-state index contributed by atoms with van der Waals surface area (Å²) in [6.45, 7) is 11.3. The predicted octanol–water partition coefficient (Wildman–Crippen LogP) is 2.58. The normalized spacial score (nSPS) is 17.8. The zero-order valence-corrected chi connectivity index (χ0v) is 17.2. The molecule has 6 nitrogen and oxygen atoms in total. The van der Waals surface area contributed by atoms with E-state index in [0.29, 0.717) is 24.6 Å². The van der Waals surface area contributed by atoms with E-state index in [1.807, 2.05) is 22.9 Å². The van der Waals surface area contributed by atoms with Crippen molar-refractivity contribution < 1.29 is 9.53 Å². The maximum absolute atomic E-state index is 12.8. The lowest BCUT2D eigenvalue weighted by Crippen LogP contribution is -2.48. The fourth-order valence-corrected chi connectivity index (χ4v) is 3.75. The minimum Gasteiger partial charge on any atom is -0.374 e. The summed E-state index contributed by atoms with van der Waals surface area (Å²) in [5.74, 6) is 0.566. The van der Waals surface area contributed by atoms with E-state index in [0.717, 1.165) is 38.4 Å². The zero-order chi connectivity index (χ0) is 19.9. The number of hydrogen-bond donors (Lipinski definition) is 1. The van der Waals surface area contributed by atoms with Gasteiger partial charge in [-0.05, 0) is 17.9 Å². The molecule has 2 aromatic rings. The van der Waals surface area contributed by atoms with Crippen molar-refractivity contribution >= 4 is 5.91 Å². The molecule has 3 rings (SSSR count). The van der Waals surface area contributed by atoms with Crippen molar-refractivity contribution in [1.82, 2.24) is 20.0 Å². The molecule has 2 heterocycles. The van der Waals surface area contributed by atoms with Gasteiger partial charge in [0.2, 0.25) is 0 Å². The molecule has 152 valence electrons. The number of carbonyl (C=O) groups is 1. The van der Waals surface area contributed by atoms with Crippen LogP contribution in [0.15, 0.2) is 36.5 Å². The smallest absolute Gasteiger partial charge is 0.254 e. The Balaban J connectivity index is 1.58. The largest absolute Gasteiger partial charge is 0.374 e. The second-order valence-electron chi connectivity index (χ2n) is 7.86. The average Bonchev–Trinajstić information content (AvgIpc) is 3.09. The first-order valence-electron chi connectivity index (χ1n) is 10.3. The highest BCUT2D eigenvalue weighted by Gasteiger charge is 2.23. The molecule has 0 radical (unpaired) electrons. The number of rotatable bonds is 8. The van der Waals surface area contributed by atoms with Gasteiger partial charge in [-0.3, -0.25) is 14.4 Å². The summed E-state index contributed by atoms with van der Waals surface area (Å²) in [5, 5.41) is 7.51. The van der Waals surface area contributed by atoms with Crippen molar-refractivity contribution in [3.05, 3.63) is 53.3 Å². The second-order valence-corrected chi connectivity index (χ2v) is 7.86. The van der Waals surface area contributed by atoms with Gasteiger partial charge in [-0.15, -0.1) is 0 Å². The lowest BCUT2D eigenvalue weighted by atomic mass is 10.1. The van der Waals surface area contributed by atoms with Crippen LogP contribution in [0.3, 0.4) is 0 Å². The van der Waals surface area contributed by atoms with Crippen LogP contribution in [0.25, 0.3) is 0 Å². The predicted molar refractivity (Wildman–Crippen MR) is 111 cm³/mol. The highest BCUT2D eigenvalue weighted by atomic mass is 16.5. The number of hydrogen-bond acceptors (Lipinski definition) is 4. The number of carbonyl (C=O) groups excluding carboxylic acids is 1. The van der Waals surface area contributed by atoms with Gasteiger partial charge in [-0.25, -0.2) is 0 Å². The van der Waals surface area contributed by atoms with Crippen LogP contribution in [-0.4, -0.2) is 59.5 Å². The summed E-state index contributed by atoms with van der Waals surface area (Å²) in [4.78, 5) is 15.2. The number of nitrogens with one attached hydrogen (secondary N) is 1. The topological polar surface area (TPSA) is 59.4 Å². The fourth-order valence-electron chi connectivity index (χ4n) is 3.75. The minimum absolute atomic E-state index is 0.0425. The van der Waals surface area contributed by atoms with Crippen LogP contribution in [-0.2, 0) is 17.7 Å². The standard InChI is InChI=1S/C22H32N4O2/c1-4-21-20(13-24-26(21)15-18-8-6-5-7-9-18)22(27)23-12-19-16-25(10-11-28-19)14-17(2)3/h5-9,13,17,19H,4,10-12,14-16H2,1-3H3,(H,23,27). The summed E-state index contributed by atoms with van der Waals surface area (Å²) < 4.78 is 7.76. The molecule has 1 N–H and O–H groups in total. The van der Waals surface area contributed by atoms with Crippen molar-refractivity contribution in [2.45, 2.75) is 39.8 Å². The molecule has 1 saturated heterocycles. The molecule has 1 aliphatic rings. The van der Waals surface area contributed by atoms with Gasteiger partial charge in [0.05, 0.1) is 36.7 Å². The van der Waals surface area contributed by atoms with Gasteiger partial charge in [0, 0.05) is 26.2 Å². The summed E-state index contributed by atoms with van der Waals surface area (Å²) in [7, 11) is 0. The minimum atomic E-state index is -0.0688. The van der Waals surface area contributed by atoms with Gasteiger partial charge in [0.25, 0.3) is 5.91 Å². The summed E-state index contributed by atoms with van der Waals surface area (Å²) in [6.07, 6.45) is 2.49. The maximum Gasteiger partial charge on any atom is 0.254 e. The SMILES string of the molecule is CCc1c(C(=O)NCC2CN(CC(C)C)CCO2)cnn1Cc1ccccc1. The van der Waals surface area contributed by atoms with Gasteiger partial charge < -0.3 is 10.1 Å². The van der Waals surface area contributed by atoms with Crippen molar-refractivity contribution in [1.29, 1.82) is 0 Å². The third kappa shape index (κ3) is 5.42. The van der Waals surface area contributed by atoms with Crippen LogP contribution in [0.5, 0.6) is 0 Å². The summed E-state index contributed by atoms with van der Waals surface area (Å²) in [5.41, 5.74) is 2.80. The van der Waals surface area contributed by atoms with E-state index in [2.05, 4.69) is 48.2 Å². The Morgan fingerprint density at radius 2 is 2.11 bits per heavy atom. The molecular weight excluding hydrogens is 352 g/mol. The fraction of sp³-hybridized carbons (Fsp3) is 0.545. The molecular formula is C22H32N4O2. The monoisotopic (exact) mass is 384 g/mol. The van der Waals surface area contributed by atoms with Gasteiger partial charge in [-0.1, -0.05) is 51.1 Å². The van der Waals surface area contributed by atoms with Crippen molar-refractivity contribution in [3.63, 3.8) is 0 Å². The van der Waals surface area contributed by atoms with E-state index in [4.69, 9.17) is 4.74 Å². The maximum atomic E-state index is 12.8. The van der Waals surface area contributed by atoms with Crippen LogP contribution in [0.2, 0.25) is 0 Å². The Labute approximate surface area is 167 Å². The number of morpholine rings is 1. The van der Waals surface area contributed by atoms with Crippen LogP contribution >= 0.6 is 0 Å².